The Morgan fingerprint density at radius 2 is 1.00 bits per heavy atom. The predicted molar refractivity (Wildman–Crippen MR) is 328 cm³/mol. The molecule has 1 unspecified atom stereocenters. The van der Waals surface area contributed by atoms with Gasteiger partial charge in [-0.1, -0.05) is 206 Å². The number of hydrogen-bond acceptors (Lipinski definition) is 0. The summed E-state index contributed by atoms with van der Waals surface area (Å²) in [6.07, 6.45) is 20.1. The van der Waals surface area contributed by atoms with Crippen LogP contribution in [0.3, 0.4) is 0 Å². The maximum Gasteiger partial charge on any atom is 0.0537 e. The summed E-state index contributed by atoms with van der Waals surface area (Å²) in [6, 6.07) is 78.0. The predicted octanol–water partition coefficient (Wildman–Crippen LogP) is 16.8. The lowest BCUT2D eigenvalue weighted by molar-refractivity contribution is 0.875. The Kier molecular flexibility index (Phi) is 9.27. The van der Waals surface area contributed by atoms with Crippen LogP contribution in [0.4, 0.5) is 0 Å². The highest BCUT2D eigenvalue weighted by Gasteiger charge is 2.28. The molecule has 17 rings (SSSR count). The Hall–Kier alpha value is -9.30. The van der Waals surface area contributed by atoms with Crippen molar-refractivity contribution in [3.63, 3.8) is 0 Å². The second-order valence-electron chi connectivity index (χ2n) is 21.9. The number of aromatic nitrogens is 1. The van der Waals surface area contributed by atoms with Crippen molar-refractivity contribution in [3.8, 4) is 27.9 Å². The smallest absolute Gasteiger partial charge is 0.0537 e. The van der Waals surface area contributed by atoms with E-state index >= 15 is 0 Å². The molecule has 12 aromatic carbocycles. The highest BCUT2D eigenvalue weighted by atomic mass is 15.0. The molecular weight excluding hydrogens is 927 g/mol. The molecule has 360 valence electrons. The van der Waals surface area contributed by atoms with Crippen LogP contribution in [0.25, 0.3) is 139 Å². The number of benzene rings is 12. The standard InChI is InChI=1S/C76H51N/c1-3-16-51-42-53(32-28-46(51)14-1)72-58-21-5-6-22-59(58)74(54-33-29-47-15-2-4-17-52(47)43-54)68-45-56(37-40-66(68)72)77-69-27-12-11-20-57(69)67-44-55(36-41-70(67)77)73-60-23-7-9-25-62(60)76(63-26-10-8-24-61(63)73)65-39-35-50-31-30-48-18-13-19-49-34-38-64(65)75(50)71(48)49/h1-7,9,11-30,32-35,37-40,42-45,50H,8,10,31,36,41H2. The zero-order valence-corrected chi connectivity index (χ0v) is 42.7. The van der Waals surface area contributed by atoms with Gasteiger partial charge in [0, 0.05) is 28.2 Å². The SMILES string of the molecule is C1=CC2CC=c3cccc4ccc(c2c34)=C1c1c2c(c(C3=Cc4c(n(-c5ccc6c(-c7ccc8ccccc8c7)c7ccccc7c(-c7ccc8ccccc8c7)c6c5)c5ccccc45)CC3)c3ccccc13)=CCCC=2. The van der Waals surface area contributed by atoms with E-state index in [2.05, 4.69) is 247 Å². The number of allylic oxidation sites excluding steroid dienone is 3. The van der Waals surface area contributed by atoms with Crippen LogP contribution in [0.5, 0.6) is 0 Å². The zero-order valence-electron chi connectivity index (χ0n) is 42.7. The van der Waals surface area contributed by atoms with Crippen LogP contribution in [0.2, 0.25) is 0 Å². The summed E-state index contributed by atoms with van der Waals surface area (Å²) in [5, 5.41) is 22.4. The minimum absolute atomic E-state index is 0.405. The molecule has 4 aliphatic rings. The molecule has 0 N–H and O–H groups in total. The zero-order chi connectivity index (χ0) is 50.3. The minimum atomic E-state index is 0.405. The van der Waals surface area contributed by atoms with Gasteiger partial charge in [0.25, 0.3) is 0 Å². The third-order valence-electron chi connectivity index (χ3n) is 17.9. The molecule has 0 fully saturated rings. The Bertz CT molecular complexity index is 5130. The lowest BCUT2D eigenvalue weighted by atomic mass is 9.77. The van der Waals surface area contributed by atoms with Gasteiger partial charge in [-0.05, 0) is 204 Å². The molecule has 1 nitrogen and oxygen atoms in total. The van der Waals surface area contributed by atoms with Crippen LogP contribution in [-0.4, -0.2) is 4.57 Å². The molecule has 0 spiro atoms. The van der Waals surface area contributed by atoms with E-state index < -0.39 is 0 Å². The van der Waals surface area contributed by atoms with E-state index in [1.54, 1.807) is 0 Å². The first kappa shape index (κ1) is 43.0. The molecule has 4 aliphatic carbocycles. The molecule has 0 radical (unpaired) electrons. The van der Waals surface area contributed by atoms with Crippen molar-refractivity contribution in [2.75, 3.05) is 0 Å². The second-order valence-corrected chi connectivity index (χ2v) is 21.9. The van der Waals surface area contributed by atoms with E-state index in [-0.39, 0.29) is 0 Å². The average molecular weight is 978 g/mol. The fourth-order valence-electron chi connectivity index (χ4n) is 14.6. The fraction of sp³-hybridized carbons (Fsp3) is 0.0789. The Balaban J connectivity index is 0.891. The topological polar surface area (TPSA) is 4.93 Å². The molecule has 1 aromatic heterocycles. The summed E-state index contributed by atoms with van der Waals surface area (Å²) >= 11 is 0. The molecule has 1 heterocycles. The van der Waals surface area contributed by atoms with Gasteiger partial charge in [-0.25, -0.2) is 0 Å². The van der Waals surface area contributed by atoms with Gasteiger partial charge < -0.3 is 4.57 Å². The van der Waals surface area contributed by atoms with E-state index in [9.17, 15) is 0 Å². The molecule has 0 saturated carbocycles. The quantitative estimate of drug-likeness (QED) is 0.152. The van der Waals surface area contributed by atoms with Gasteiger partial charge in [-0.15, -0.1) is 0 Å². The number of fused-ring (bicyclic) bond motifs is 9. The van der Waals surface area contributed by atoms with Crippen molar-refractivity contribution in [1.29, 1.82) is 0 Å². The molecule has 0 aliphatic heterocycles. The van der Waals surface area contributed by atoms with Crippen LogP contribution in [0.1, 0.15) is 59.5 Å². The van der Waals surface area contributed by atoms with Crippen molar-refractivity contribution in [2.24, 2.45) is 0 Å². The van der Waals surface area contributed by atoms with Crippen molar-refractivity contribution in [1.82, 2.24) is 4.57 Å². The van der Waals surface area contributed by atoms with Gasteiger partial charge in [-0.3, -0.25) is 0 Å². The molecular formula is C76H51N. The molecule has 0 saturated heterocycles. The van der Waals surface area contributed by atoms with Gasteiger partial charge in [0.1, 0.15) is 0 Å². The summed E-state index contributed by atoms with van der Waals surface area (Å²) in [4.78, 5) is 0. The Morgan fingerprint density at radius 3 is 1.73 bits per heavy atom. The van der Waals surface area contributed by atoms with Gasteiger partial charge in [0.05, 0.1) is 5.52 Å². The van der Waals surface area contributed by atoms with Crippen molar-refractivity contribution < 1.29 is 0 Å². The summed E-state index contributed by atoms with van der Waals surface area (Å²) in [5.74, 6) is 0.405. The average Bonchev–Trinajstić information content (AvgIpc) is 3.93. The summed E-state index contributed by atoms with van der Waals surface area (Å²) < 4.78 is 2.60. The maximum absolute atomic E-state index is 2.60. The fourth-order valence-corrected chi connectivity index (χ4v) is 14.6. The van der Waals surface area contributed by atoms with Gasteiger partial charge in [0.2, 0.25) is 0 Å². The van der Waals surface area contributed by atoms with Crippen LogP contribution in [-0.2, 0) is 6.42 Å². The van der Waals surface area contributed by atoms with Crippen LogP contribution < -0.4 is 20.9 Å². The third-order valence-corrected chi connectivity index (χ3v) is 17.9. The highest BCUT2D eigenvalue weighted by Crippen LogP contribution is 2.47. The van der Waals surface area contributed by atoms with Gasteiger partial charge in [-0.2, -0.15) is 0 Å². The molecule has 1 atom stereocenters. The summed E-state index contributed by atoms with van der Waals surface area (Å²) in [7, 11) is 0. The van der Waals surface area contributed by atoms with Crippen molar-refractivity contribution in [2.45, 2.75) is 38.0 Å². The first-order chi connectivity index (χ1) is 38.2. The van der Waals surface area contributed by atoms with E-state index in [0.717, 1.165) is 32.1 Å². The number of para-hydroxylation sites is 1. The molecule has 13 aromatic rings. The lowest BCUT2D eigenvalue weighted by Crippen LogP contribution is -2.36. The van der Waals surface area contributed by atoms with Crippen LogP contribution in [0, 0.1) is 0 Å². The largest absolute Gasteiger partial charge is 0.313 e. The summed E-state index contributed by atoms with van der Waals surface area (Å²) in [6.45, 7) is 0. The molecule has 1 heteroatoms. The van der Waals surface area contributed by atoms with E-state index in [1.165, 1.54) is 163 Å². The molecule has 77 heavy (non-hydrogen) atoms. The number of hydrogen-bond donors (Lipinski definition) is 0. The first-order valence-electron chi connectivity index (χ1n) is 27.7. The third kappa shape index (κ3) is 6.35. The molecule has 0 amide bonds. The van der Waals surface area contributed by atoms with Crippen molar-refractivity contribution in [3.05, 3.63) is 267 Å². The van der Waals surface area contributed by atoms with Crippen molar-refractivity contribution >= 4 is 111 Å². The van der Waals surface area contributed by atoms with Gasteiger partial charge in [0.15, 0.2) is 0 Å². The second kappa shape index (κ2) is 16.6. The van der Waals surface area contributed by atoms with E-state index in [0.29, 0.717) is 5.92 Å². The summed E-state index contributed by atoms with van der Waals surface area (Å²) in [5.41, 5.74) is 17.3. The first-order valence-corrected chi connectivity index (χ1v) is 27.7. The van der Waals surface area contributed by atoms with E-state index in [1.807, 2.05) is 0 Å². The number of rotatable bonds is 5. The minimum Gasteiger partial charge on any atom is -0.313 e. The van der Waals surface area contributed by atoms with Crippen LogP contribution >= 0.6 is 0 Å². The Morgan fingerprint density at radius 1 is 0.416 bits per heavy atom. The van der Waals surface area contributed by atoms with Gasteiger partial charge >= 0.3 is 0 Å². The number of nitrogens with zero attached hydrogens (tertiary/aromatic N) is 1. The normalized spacial score (nSPS) is 15.5. The van der Waals surface area contributed by atoms with E-state index in [4.69, 9.17) is 0 Å². The monoisotopic (exact) mass is 977 g/mol. The Labute approximate surface area is 446 Å². The van der Waals surface area contributed by atoms with Crippen LogP contribution in [0.15, 0.2) is 218 Å². The highest BCUT2D eigenvalue weighted by molar-refractivity contribution is 6.22. The molecule has 0 bridgehead atoms. The maximum atomic E-state index is 2.60. The lowest BCUT2D eigenvalue weighted by Gasteiger charge is -2.26.